The number of aliphatic carboxylic acids is 1. The first-order chi connectivity index (χ1) is 10.1. The highest BCUT2D eigenvalue weighted by Gasteiger charge is 2.50. The zero-order chi connectivity index (χ0) is 15.0. The number of hydrogen-bond acceptors (Lipinski definition) is 4. The SMILES string of the molecule is CCc1cccc(NC(=O)[C@@H]2[C@@H](C(=O)[O-])[C@H]3C=C[C@@H]2O3)c1. The van der Waals surface area contributed by atoms with E-state index in [0.717, 1.165) is 12.0 Å². The molecule has 2 aliphatic rings. The molecule has 0 saturated carbocycles. The van der Waals surface area contributed by atoms with Crippen LogP contribution < -0.4 is 10.4 Å². The van der Waals surface area contributed by atoms with Gasteiger partial charge in [-0.05, 0) is 24.1 Å². The van der Waals surface area contributed by atoms with Crippen molar-refractivity contribution in [2.24, 2.45) is 11.8 Å². The quantitative estimate of drug-likeness (QED) is 0.818. The van der Waals surface area contributed by atoms with Crippen molar-refractivity contribution in [3.8, 4) is 0 Å². The third-order valence-electron chi connectivity index (χ3n) is 4.08. The molecule has 1 aromatic rings. The molecule has 2 bridgehead atoms. The van der Waals surface area contributed by atoms with Crippen LogP contribution in [0.1, 0.15) is 12.5 Å². The minimum absolute atomic E-state index is 0.339. The molecule has 1 aromatic carbocycles. The smallest absolute Gasteiger partial charge is 0.231 e. The van der Waals surface area contributed by atoms with Gasteiger partial charge in [-0.15, -0.1) is 0 Å². The standard InChI is InChI=1S/C16H17NO4/c1-2-9-4-3-5-10(8-9)17-15(18)13-11-6-7-12(21-11)14(13)16(19)20/h3-8,11-14H,2H2,1H3,(H,17,18)(H,19,20)/p-1/t11-,12+,13-,14-/m0/s1. The number of benzene rings is 1. The predicted molar refractivity (Wildman–Crippen MR) is 74.2 cm³/mol. The van der Waals surface area contributed by atoms with Gasteiger partial charge in [-0.2, -0.15) is 0 Å². The maximum absolute atomic E-state index is 12.4. The van der Waals surface area contributed by atoms with Crippen LogP contribution in [0, 0.1) is 11.8 Å². The van der Waals surface area contributed by atoms with E-state index in [1.807, 2.05) is 25.1 Å². The van der Waals surface area contributed by atoms with Crippen LogP contribution in [0.3, 0.4) is 0 Å². The Labute approximate surface area is 122 Å². The van der Waals surface area contributed by atoms with Crippen LogP contribution in [-0.4, -0.2) is 24.1 Å². The van der Waals surface area contributed by atoms with Crippen LogP contribution in [0.5, 0.6) is 0 Å². The summed E-state index contributed by atoms with van der Waals surface area (Å²) in [4.78, 5) is 23.7. The van der Waals surface area contributed by atoms with E-state index in [1.54, 1.807) is 18.2 Å². The lowest BCUT2D eigenvalue weighted by Crippen LogP contribution is -2.45. The molecule has 21 heavy (non-hydrogen) atoms. The van der Waals surface area contributed by atoms with Gasteiger partial charge in [-0.1, -0.05) is 31.2 Å². The molecule has 4 atom stereocenters. The van der Waals surface area contributed by atoms with E-state index in [4.69, 9.17) is 4.74 Å². The highest BCUT2D eigenvalue weighted by Crippen LogP contribution is 2.39. The normalized spacial score (nSPS) is 29.6. The number of carbonyl (C=O) groups excluding carboxylic acids is 2. The molecular formula is C16H16NO4-. The number of carboxylic acids is 1. The average Bonchev–Trinajstić information content (AvgIpc) is 3.07. The number of amides is 1. The molecule has 5 heteroatoms. The molecule has 0 unspecified atom stereocenters. The maximum Gasteiger partial charge on any atom is 0.231 e. The molecule has 0 spiro atoms. The van der Waals surface area contributed by atoms with Crippen LogP contribution >= 0.6 is 0 Å². The second kappa shape index (κ2) is 5.33. The minimum Gasteiger partial charge on any atom is -0.550 e. The lowest BCUT2D eigenvalue weighted by Gasteiger charge is -2.25. The summed E-state index contributed by atoms with van der Waals surface area (Å²) >= 11 is 0. The monoisotopic (exact) mass is 286 g/mol. The van der Waals surface area contributed by atoms with E-state index in [2.05, 4.69) is 5.32 Å². The van der Waals surface area contributed by atoms with Gasteiger partial charge in [0.25, 0.3) is 0 Å². The fraction of sp³-hybridized carbons (Fsp3) is 0.375. The number of fused-ring (bicyclic) bond motifs is 2. The molecule has 3 rings (SSSR count). The van der Waals surface area contributed by atoms with Crippen molar-refractivity contribution in [1.82, 2.24) is 0 Å². The highest BCUT2D eigenvalue weighted by molar-refractivity contribution is 5.96. The third-order valence-corrected chi connectivity index (χ3v) is 4.08. The summed E-state index contributed by atoms with van der Waals surface area (Å²) in [5.41, 5.74) is 1.77. The van der Waals surface area contributed by atoms with Crippen molar-refractivity contribution in [1.29, 1.82) is 0 Å². The van der Waals surface area contributed by atoms with E-state index >= 15 is 0 Å². The number of anilines is 1. The Balaban J connectivity index is 1.78. The number of nitrogens with one attached hydrogen (secondary N) is 1. The summed E-state index contributed by atoms with van der Waals surface area (Å²) in [6, 6.07) is 7.51. The molecule has 0 aliphatic carbocycles. The molecule has 1 fully saturated rings. The first kappa shape index (κ1) is 13.8. The number of ether oxygens (including phenoxy) is 1. The largest absolute Gasteiger partial charge is 0.550 e. The molecule has 1 amide bonds. The lowest BCUT2D eigenvalue weighted by atomic mass is 9.82. The van der Waals surface area contributed by atoms with Crippen molar-refractivity contribution >= 4 is 17.6 Å². The first-order valence-electron chi connectivity index (χ1n) is 7.04. The Morgan fingerprint density at radius 2 is 1.95 bits per heavy atom. The number of rotatable bonds is 4. The van der Waals surface area contributed by atoms with Gasteiger partial charge in [0.05, 0.1) is 18.1 Å². The Morgan fingerprint density at radius 1 is 1.24 bits per heavy atom. The Morgan fingerprint density at radius 3 is 2.62 bits per heavy atom. The van der Waals surface area contributed by atoms with Crippen molar-refractivity contribution in [2.75, 3.05) is 5.32 Å². The van der Waals surface area contributed by atoms with Gasteiger partial charge in [-0.3, -0.25) is 4.79 Å². The van der Waals surface area contributed by atoms with E-state index in [1.165, 1.54) is 0 Å². The molecule has 5 nitrogen and oxygen atoms in total. The van der Waals surface area contributed by atoms with Gasteiger partial charge in [-0.25, -0.2) is 0 Å². The highest BCUT2D eigenvalue weighted by atomic mass is 16.5. The Kier molecular flexibility index (Phi) is 3.51. The number of carbonyl (C=O) groups is 2. The summed E-state index contributed by atoms with van der Waals surface area (Å²) in [5, 5.41) is 14.0. The number of hydrogen-bond donors (Lipinski definition) is 1. The van der Waals surface area contributed by atoms with E-state index in [-0.39, 0.29) is 5.91 Å². The first-order valence-corrected chi connectivity index (χ1v) is 7.04. The summed E-state index contributed by atoms with van der Waals surface area (Å²) in [6.45, 7) is 2.03. The number of carboxylic acid groups (broad SMARTS) is 1. The predicted octanol–water partition coefficient (Wildman–Crippen LogP) is 0.507. The van der Waals surface area contributed by atoms with E-state index in [0.29, 0.717) is 5.69 Å². The van der Waals surface area contributed by atoms with Crippen molar-refractivity contribution in [3.05, 3.63) is 42.0 Å². The van der Waals surface area contributed by atoms with Crippen LogP contribution in [0.15, 0.2) is 36.4 Å². The topological polar surface area (TPSA) is 78.5 Å². The second-order valence-electron chi connectivity index (χ2n) is 5.36. The fourth-order valence-corrected chi connectivity index (χ4v) is 3.00. The average molecular weight is 286 g/mol. The van der Waals surface area contributed by atoms with Crippen molar-refractivity contribution in [2.45, 2.75) is 25.6 Å². The Bertz CT molecular complexity index is 610. The van der Waals surface area contributed by atoms with Crippen LogP contribution in [0.4, 0.5) is 5.69 Å². The second-order valence-corrected chi connectivity index (χ2v) is 5.36. The summed E-state index contributed by atoms with van der Waals surface area (Å²) < 4.78 is 5.47. The summed E-state index contributed by atoms with van der Waals surface area (Å²) in [6.07, 6.45) is 3.26. The zero-order valence-electron chi connectivity index (χ0n) is 11.6. The molecule has 1 N–H and O–H groups in total. The van der Waals surface area contributed by atoms with Crippen LogP contribution in [0.2, 0.25) is 0 Å². The maximum atomic E-state index is 12.4. The molecule has 0 aromatic heterocycles. The zero-order valence-corrected chi connectivity index (χ0v) is 11.6. The lowest BCUT2D eigenvalue weighted by molar-refractivity contribution is -0.313. The fourth-order valence-electron chi connectivity index (χ4n) is 3.00. The molecule has 0 radical (unpaired) electrons. The van der Waals surface area contributed by atoms with E-state index in [9.17, 15) is 14.7 Å². The molecule has 2 heterocycles. The number of aryl methyl sites for hydroxylation is 1. The summed E-state index contributed by atoms with van der Waals surface area (Å²) in [7, 11) is 0. The molecule has 1 saturated heterocycles. The van der Waals surface area contributed by atoms with E-state index < -0.39 is 30.0 Å². The van der Waals surface area contributed by atoms with Crippen LogP contribution in [-0.2, 0) is 20.7 Å². The van der Waals surface area contributed by atoms with Gasteiger partial charge >= 0.3 is 0 Å². The molecule has 110 valence electrons. The summed E-state index contributed by atoms with van der Waals surface area (Å²) in [5.74, 6) is -3.24. The van der Waals surface area contributed by atoms with Crippen LogP contribution in [0.25, 0.3) is 0 Å². The van der Waals surface area contributed by atoms with Gasteiger partial charge in [0.2, 0.25) is 5.91 Å². The minimum atomic E-state index is -1.24. The molecular weight excluding hydrogens is 270 g/mol. The van der Waals surface area contributed by atoms with Gasteiger partial charge < -0.3 is 20.0 Å². The third kappa shape index (κ3) is 2.45. The van der Waals surface area contributed by atoms with Crippen molar-refractivity contribution < 1.29 is 19.4 Å². The van der Waals surface area contributed by atoms with Gasteiger partial charge in [0.1, 0.15) is 0 Å². The van der Waals surface area contributed by atoms with Gasteiger partial charge in [0.15, 0.2) is 0 Å². The van der Waals surface area contributed by atoms with Crippen molar-refractivity contribution in [3.63, 3.8) is 0 Å². The van der Waals surface area contributed by atoms with Gasteiger partial charge in [0, 0.05) is 17.6 Å². The Hall–Kier alpha value is -2.14. The molecule has 2 aliphatic heterocycles.